The number of rotatable bonds is 8. The van der Waals surface area contributed by atoms with Crippen LogP contribution in [-0.4, -0.2) is 30.4 Å². The Labute approximate surface area is 228 Å². The molecule has 0 radical (unpaired) electrons. The summed E-state index contributed by atoms with van der Waals surface area (Å²) in [5.41, 5.74) is 1.64. The lowest BCUT2D eigenvalue weighted by atomic mass is 10.2. The summed E-state index contributed by atoms with van der Waals surface area (Å²) in [5, 5.41) is 11.0. The molecule has 4 aromatic rings. The summed E-state index contributed by atoms with van der Waals surface area (Å²) in [7, 11) is -12.9. The molecule has 39 heavy (non-hydrogen) atoms. The van der Waals surface area contributed by atoms with E-state index in [1.165, 1.54) is 36.4 Å². The molecule has 0 fully saturated rings. The third-order valence-corrected chi connectivity index (χ3v) is 10.4. The zero-order valence-corrected chi connectivity index (χ0v) is 23.7. The van der Waals surface area contributed by atoms with Crippen molar-refractivity contribution >= 4 is 41.3 Å². The maximum atomic E-state index is 13.5. The van der Waals surface area contributed by atoms with Crippen LogP contribution in [0.1, 0.15) is 16.7 Å². The summed E-state index contributed by atoms with van der Waals surface area (Å²) in [4.78, 5) is -1.08. The van der Waals surface area contributed by atoms with Gasteiger partial charge in [0, 0.05) is 0 Å². The van der Waals surface area contributed by atoms with Crippen molar-refractivity contribution in [2.24, 2.45) is 0 Å². The minimum Gasteiger partial charge on any atom is -0.504 e. The molecule has 0 heterocycles. The van der Waals surface area contributed by atoms with E-state index < -0.39 is 46.2 Å². The van der Waals surface area contributed by atoms with Gasteiger partial charge < -0.3 is 5.11 Å². The molecule has 0 aliphatic rings. The van der Waals surface area contributed by atoms with E-state index in [1.807, 2.05) is 0 Å². The number of hydrogen-bond donors (Lipinski definition) is 3. The second-order valence-electron chi connectivity index (χ2n) is 9.02. The minimum absolute atomic E-state index is 0.0918. The Balaban J connectivity index is 1.86. The molecule has 0 aliphatic carbocycles. The Morgan fingerprint density at radius 2 is 0.923 bits per heavy atom. The Morgan fingerprint density at radius 3 is 1.36 bits per heavy atom. The highest BCUT2D eigenvalue weighted by Gasteiger charge is 2.28. The summed E-state index contributed by atoms with van der Waals surface area (Å²) in [6.07, 6.45) is 0. The first kappa shape index (κ1) is 28.1. The molecule has 0 saturated heterocycles. The number of aromatic hydroxyl groups is 1. The average Bonchev–Trinajstić information content (AvgIpc) is 2.86. The molecule has 0 spiro atoms. The second-order valence-corrected chi connectivity index (χ2v) is 14.3. The number of nitrogens with one attached hydrogen (secondary N) is 2. The first-order chi connectivity index (χ1) is 18.2. The van der Waals surface area contributed by atoms with Gasteiger partial charge in [-0.25, -0.2) is 25.3 Å². The van der Waals surface area contributed by atoms with Gasteiger partial charge in [0.05, 0.1) is 26.1 Å². The molecular weight excluding hydrogens is 561 g/mol. The van der Waals surface area contributed by atoms with E-state index in [1.54, 1.807) is 57.2 Å². The largest absolute Gasteiger partial charge is 0.504 e. The second kappa shape index (κ2) is 10.4. The van der Waals surface area contributed by atoms with E-state index in [-0.39, 0.29) is 20.4 Å². The molecule has 0 bridgehead atoms. The fourth-order valence-corrected chi connectivity index (χ4v) is 7.14. The highest BCUT2D eigenvalue weighted by atomic mass is 32.2. The van der Waals surface area contributed by atoms with Crippen molar-refractivity contribution in [1.29, 1.82) is 0 Å². The van der Waals surface area contributed by atoms with Gasteiger partial charge >= 0.3 is 0 Å². The topological polar surface area (TPSA) is 147 Å². The van der Waals surface area contributed by atoms with Gasteiger partial charge in [0.1, 0.15) is 4.90 Å². The predicted octanol–water partition coefficient (Wildman–Crippen LogP) is 4.75. The van der Waals surface area contributed by atoms with Gasteiger partial charge in [-0.15, -0.1) is 0 Å². The van der Waals surface area contributed by atoms with Crippen molar-refractivity contribution < 1.29 is 30.4 Å². The van der Waals surface area contributed by atoms with Crippen molar-refractivity contribution in [1.82, 2.24) is 0 Å². The molecule has 0 unspecified atom stereocenters. The van der Waals surface area contributed by atoms with Gasteiger partial charge in [-0.05, 0) is 69.3 Å². The lowest BCUT2D eigenvalue weighted by molar-refractivity contribution is 0.461. The lowest BCUT2D eigenvalue weighted by Crippen LogP contribution is -2.16. The van der Waals surface area contributed by atoms with Crippen LogP contribution in [0, 0.1) is 20.8 Å². The van der Waals surface area contributed by atoms with Crippen LogP contribution in [0.3, 0.4) is 0 Å². The first-order valence-corrected chi connectivity index (χ1v) is 16.0. The van der Waals surface area contributed by atoms with E-state index in [0.717, 1.165) is 28.8 Å². The smallest absolute Gasteiger partial charge is 0.262 e. The van der Waals surface area contributed by atoms with E-state index in [2.05, 4.69) is 9.44 Å². The van der Waals surface area contributed by atoms with Gasteiger partial charge in [0.2, 0.25) is 9.84 Å². The molecule has 0 aliphatic heterocycles. The molecule has 0 aromatic heterocycles. The van der Waals surface area contributed by atoms with Crippen molar-refractivity contribution in [2.75, 3.05) is 9.44 Å². The number of aryl methyl sites for hydroxylation is 3. The van der Waals surface area contributed by atoms with Crippen LogP contribution in [0.15, 0.2) is 105 Å². The Kier molecular flexibility index (Phi) is 7.48. The molecule has 0 atom stereocenters. The summed E-state index contributed by atoms with van der Waals surface area (Å²) in [5.74, 6) is -0.885. The number of phenolic OH excluding ortho intramolecular Hbond substituents is 1. The van der Waals surface area contributed by atoms with Gasteiger partial charge in [-0.3, -0.25) is 9.44 Å². The summed E-state index contributed by atoms with van der Waals surface area (Å²) in [6.45, 7) is 5.34. The molecule has 0 saturated carbocycles. The fourth-order valence-electron chi connectivity index (χ4n) is 3.65. The summed E-state index contributed by atoms with van der Waals surface area (Å²) >= 11 is 0. The average molecular weight is 587 g/mol. The quantitative estimate of drug-likeness (QED) is 0.199. The summed E-state index contributed by atoms with van der Waals surface area (Å²) < 4.78 is 83.7. The van der Waals surface area contributed by atoms with Crippen molar-refractivity contribution in [3.63, 3.8) is 0 Å². The van der Waals surface area contributed by atoms with Crippen LogP contribution in [0.25, 0.3) is 0 Å². The van der Waals surface area contributed by atoms with Crippen LogP contribution in [0.4, 0.5) is 11.4 Å². The van der Waals surface area contributed by atoms with Gasteiger partial charge in [0.15, 0.2) is 5.75 Å². The van der Waals surface area contributed by atoms with Crippen LogP contribution in [-0.2, 0) is 29.9 Å². The number of sulfone groups is 1. The molecule has 4 rings (SSSR count). The Hall–Kier alpha value is -3.87. The maximum absolute atomic E-state index is 13.5. The third kappa shape index (κ3) is 6.08. The molecule has 3 N–H and O–H groups in total. The molecule has 4 aromatic carbocycles. The SMILES string of the molecule is Cc1ccc(S(=O)(=O)Nc2cc(NS(=O)(=O)c3ccc(C)cc3)c(O)c(S(=O)(=O)c3ccc(C)cc3)c2)cc1. The van der Waals surface area contributed by atoms with Crippen LogP contribution < -0.4 is 9.44 Å². The van der Waals surface area contributed by atoms with Crippen molar-refractivity contribution in [3.8, 4) is 5.75 Å². The predicted molar refractivity (Wildman–Crippen MR) is 149 cm³/mol. The zero-order chi connectivity index (χ0) is 28.6. The van der Waals surface area contributed by atoms with Crippen molar-refractivity contribution in [3.05, 3.63) is 102 Å². The van der Waals surface area contributed by atoms with E-state index in [9.17, 15) is 30.4 Å². The number of anilines is 2. The number of phenols is 1. The Bertz CT molecular complexity index is 1850. The number of hydrogen-bond acceptors (Lipinski definition) is 7. The maximum Gasteiger partial charge on any atom is 0.262 e. The van der Waals surface area contributed by atoms with Gasteiger partial charge in [-0.1, -0.05) is 53.1 Å². The number of benzene rings is 4. The van der Waals surface area contributed by atoms with E-state index in [0.29, 0.717) is 0 Å². The first-order valence-electron chi connectivity index (χ1n) is 11.6. The van der Waals surface area contributed by atoms with Crippen molar-refractivity contribution in [2.45, 2.75) is 40.4 Å². The minimum atomic E-state index is -4.40. The van der Waals surface area contributed by atoms with E-state index >= 15 is 0 Å². The van der Waals surface area contributed by atoms with Crippen LogP contribution >= 0.6 is 0 Å². The van der Waals surface area contributed by atoms with E-state index in [4.69, 9.17) is 0 Å². The highest BCUT2D eigenvalue weighted by molar-refractivity contribution is 7.93. The molecule has 204 valence electrons. The van der Waals surface area contributed by atoms with Gasteiger partial charge in [-0.2, -0.15) is 0 Å². The monoisotopic (exact) mass is 586 g/mol. The Morgan fingerprint density at radius 1 is 0.538 bits per heavy atom. The summed E-state index contributed by atoms with van der Waals surface area (Å²) in [6, 6.07) is 19.6. The zero-order valence-electron chi connectivity index (χ0n) is 21.2. The lowest BCUT2D eigenvalue weighted by Gasteiger charge is -2.17. The normalized spacial score (nSPS) is 12.2. The molecular formula is C27H26N2O7S3. The number of sulfonamides is 2. The van der Waals surface area contributed by atoms with Crippen LogP contribution in [0.5, 0.6) is 5.75 Å². The standard InChI is InChI=1S/C27H26N2O7S3/c1-18-4-10-22(11-5-18)37(31,32)26-17-21(28-38(33,34)23-12-6-19(2)7-13-23)16-25(27(26)30)29-39(35,36)24-14-8-20(3)9-15-24/h4-17,28-30H,1-3H3. The third-order valence-electron chi connectivity index (χ3n) is 5.85. The molecule has 12 heteroatoms. The van der Waals surface area contributed by atoms with Gasteiger partial charge in [0.25, 0.3) is 20.0 Å². The molecule has 0 amide bonds. The fraction of sp³-hybridized carbons (Fsp3) is 0.111. The highest BCUT2D eigenvalue weighted by Crippen LogP contribution is 2.39. The molecule has 9 nitrogen and oxygen atoms in total. The van der Waals surface area contributed by atoms with Crippen LogP contribution in [0.2, 0.25) is 0 Å².